The van der Waals surface area contributed by atoms with Gasteiger partial charge in [-0.25, -0.2) is 4.98 Å². The highest BCUT2D eigenvalue weighted by molar-refractivity contribution is 7.09. The monoisotopic (exact) mass is 319 g/mol. The maximum absolute atomic E-state index is 11.9. The summed E-state index contributed by atoms with van der Waals surface area (Å²) in [6.07, 6.45) is 2.37. The van der Waals surface area contributed by atoms with E-state index in [0.29, 0.717) is 18.9 Å². The molecule has 0 saturated heterocycles. The number of hydrogen-bond donors (Lipinski definition) is 2. The van der Waals surface area contributed by atoms with Gasteiger partial charge in [0.2, 0.25) is 5.91 Å². The molecule has 0 bridgehead atoms. The van der Waals surface area contributed by atoms with Crippen LogP contribution in [-0.4, -0.2) is 23.0 Å². The van der Waals surface area contributed by atoms with Crippen molar-refractivity contribution in [3.63, 3.8) is 0 Å². The summed E-state index contributed by atoms with van der Waals surface area (Å²) in [6, 6.07) is 0. The Balaban J connectivity index is 0.00000361. The number of nitrogens with two attached hydrogens (primary N) is 1. The second-order valence-electron chi connectivity index (χ2n) is 5.51. The molecule has 0 spiro atoms. The molecule has 1 aromatic heterocycles. The molecule has 1 amide bonds. The van der Waals surface area contributed by atoms with Crippen LogP contribution in [-0.2, 0) is 11.2 Å². The number of nitrogens with zero attached hydrogens (tertiary/aromatic N) is 1. The van der Waals surface area contributed by atoms with Gasteiger partial charge in [0.25, 0.3) is 0 Å². The largest absolute Gasteiger partial charge is 0.354 e. The number of rotatable bonds is 7. The third-order valence-corrected chi connectivity index (χ3v) is 4.21. The molecule has 116 valence electrons. The SMILES string of the molecule is CCCC(C)(N)C(=O)NCCc1csc(C(C)C)n1.Cl. The third-order valence-electron chi connectivity index (χ3n) is 3.02. The Hall–Kier alpha value is -0.650. The summed E-state index contributed by atoms with van der Waals surface area (Å²) >= 11 is 1.68. The van der Waals surface area contributed by atoms with Gasteiger partial charge in [-0.1, -0.05) is 27.2 Å². The highest BCUT2D eigenvalue weighted by atomic mass is 35.5. The minimum atomic E-state index is -0.764. The molecule has 1 unspecified atom stereocenters. The number of nitrogens with one attached hydrogen (secondary N) is 1. The fraction of sp³-hybridized carbons (Fsp3) is 0.714. The lowest BCUT2D eigenvalue weighted by Crippen LogP contribution is -2.51. The fourth-order valence-corrected chi connectivity index (χ4v) is 2.71. The number of aromatic nitrogens is 1. The third kappa shape index (κ3) is 5.77. The van der Waals surface area contributed by atoms with Crippen molar-refractivity contribution >= 4 is 29.7 Å². The second kappa shape index (κ2) is 8.60. The van der Waals surface area contributed by atoms with Gasteiger partial charge in [0.1, 0.15) is 0 Å². The van der Waals surface area contributed by atoms with Crippen LogP contribution < -0.4 is 11.1 Å². The maximum atomic E-state index is 11.9. The molecule has 20 heavy (non-hydrogen) atoms. The summed E-state index contributed by atoms with van der Waals surface area (Å²) in [7, 11) is 0. The first kappa shape index (κ1) is 19.4. The first-order valence-corrected chi connectivity index (χ1v) is 7.76. The fourth-order valence-electron chi connectivity index (χ4n) is 1.84. The van der Waals surface area contributed by atoms with E-state index in [-0.39, 0.29) is 18.3 Å². The molecule has 6 heteroatoms. The van der Waals surface area contributed by atoms with Crippen molar-refractivity contribution < 1.29 is 4.79 Å². The summed E-state index contributed by atoms with van der Waals surface area (Å²) in [6.45, 7) is 8.67. The highest BCUT2D eigenvalue weighted by Crippen LogP contribution is 2.19. The van der Waals surface area contributed by atoms with Crippen LogP contribution in [0.5, 0.6) is 0 Å². The van der Waals surface area contributed by atoms with Gasteiger partial charge in [0, 0.05) is 24.3 Å². The van der Waals surface area contributed by atoms with Crippen molar-refractivity contribution in [2.45, 2.75) is 58.4 Å². The molecule has 0 aromatic carbocycles. The predicted molar refractivity (Wildman–Crippen MR) is 87.7 cm³/mol. The Morgan fingerprint density at radius 3 is 2.70 bits per heavy atom. The van der Waals surface area contributed by atoms with Crippen LogP contribution in [0.4, 0.5) is 0 Å². The van der Waals surface area contributed by atoms with E-state index in [1.54, 1.807) is 18.3 Å². The van der Waals surface area contributed by atoms with Crippen LogP contribution in [0.1, 0.15) is 57.2 Å². The summed E-state index contributed by atoms with van der Waals surface area (Å²) < 4.78 is 0. The molecule has 1 heterocycles. The molecule has 1 atom stereocenters. The van der Waals surface area contributed by atoms with Crippen molar-refractivity contribution in [1.82, 2.24) is 10.3 Å². The highest BCUT2D eigenvalue weighted by Gasteiger charge is 2.26. The standard InChI is InChI=1S/C14H25N3OS.ClH/c1-5-7-14(4,15)13(18)16-8-6-11-9-19-12(17-11)10(2)3;/h9-10H,5-8,15H2,1-4H3,(H,16,18);1H. The van der Waals surface area contributed by atoms with Gasteiger partial charge in [0.05, 0.1) is 16.2 Å². The van der Waals surface area contributed by atoms with E-state index >= 15 is 0 Å². The van der Waals surface area contributed by atoms with E-state index in [4.69, 9.17) is 5.73 Å². The zero-order chi connectivity index (χ0) is 14.5. The minimum absolute atomic E-state index is 0. The van der Waals surface area contributed by atoms with E-state index in [1.165, 1.54) is 0 Å². The van der Waals surface area contributed by atoms with Crippen LogP contribution in [0, 0.1) is 0 Å². The Bertz CT molecular complexity index is 418. The lowest BCUT2D eigenvalue weighted by atomic mass is 9.96. The van der Waals surface area contributed by atoms with Crippen molar-refractivity contribution in [3.8, 4) is 0 Å². The molecular formula is C14H26ClN3OS. The first-order valence-electron chi connectivity index (χ1n) is 6.88. The Kier molecular flexibility index (Phi) is 8.32. The van der Waals surface area contributed by atoms with E-state index < -0.39 is 5.54 Å². The number of thiazole rings is 1. The number of carbonyl (C=O) groups excluding carboxylic acids is 1. The lowest BCUT2D eigenvalue weighted by molar-refractivity contribution is -0.126. The molecule has 0 aliphatic rings. The van der Waals surface area contributed by atoms with Gasteiger partial charge in [-0.3, -0.25) is 4.79 Å². The lowest BCUT2D eigenvalue weighted by Gasteiger charge is -2.22. The van der Waals surface area contributed by atoms with Crippen LogP contribution in [0.3, 0.4) is 0 Å². The normalized spacial score (nSPS) is 13.7. The minimum Gasteiger partial charge on any atom is -0.354 e. The molecule has 1 rings (SSSR count). The summed E-state index contributed by atoms with van der Waals surface area (Å²) in [5.41, 5.74) is 6.25. The van der Waals surface area contributed by atoms with E-state index in [9.17, 15) is 4.79 Å². The van der Waals surface area contributed by atoms with Gasteiger partial charge in [0.15, 0.2) is 0 Å². The van der Waals surface area contributed by atoms with Gasteiger partial charge in [-0.2, -0.15) is 0 Å². The van der Waals surface area contributed by atoms with E-state index in [1.807, 2.05) is 6.92 Å². The van der Waals surface area contributed by atoms with Gasteiger partial charge < -0.3 is 11.1 Å². The average molecular weight is 320 g/mol. The van der Waals surface area contributed by atoms with Crippen LogP contribution >= 0.6 is 23.7 Å². The molecule has 1 aromatic rings. The van der Waals surface area contributed by atoms with Crippen molar-refractivity contribution in [3.05, 3.63) is 16.1 Å². The number of amides is 1. The van der Waals surface area contributed by atoms with Crippen LogP contribution in [0.15, 0.2) is 5.38 Å². The molecule has 4 nitrogen and oxygen atoms in total. The second-order valence-corrected chi connectivity index (χ2v) is 6.39. The van der Waals surface area contributed by atoms with Gasteiger partial charge in [-0.05, 0) is 13.3 Å². The number of halogens is 1. The molecule has 3 N–H and O–H groups in total. The van der Waals surface area contributed by atoms with Crippen molar-refractivity contribution in [2.24, 2.45) is 5.73 Å². The van der Waals surface area contributed by atoms with Crippen LogP contribution in [0.2, 0.25) is 0 Å². The molecule has 0 radical (unpaired) electrons. The Labute approximate surface area is 132 Å². The van der Waals surface area contributed by atoms with Crippen LogP contribution in [0.25, 0.3) is 0 Å². The van der Waals surface area contributed by atoms with E-state index in [0.717, 1.165) is 23.5 Å². The molecule has 0 fully saturated rings. The summed E-state index contributed by atoms with van der Waals surface area (Å²) in [5.74, 6) is 0.388. The predicted octanol–water partition coefficient (Wildman–Crippen LogP) is 2.86. The molecular weight excluding hydrogens is 294 g/mol. The first-order chi connectivity index (χ1) is 8.86. The van der Waals surface area contributed by atoms with Crippen molar-refractivity contribution in [1.29, 1.82) is 0 Å². The van der Waals surface area contributed by atoms with Gasteiger partial charge in [-0.15, -0.1) is 23.7 Å². The Morgan fingerprint density at radius 1 is 1.55 bits per heavy atom. The van der Waals surface area contributed by atoms with E-state index in [2.05, 4.69) is 29.5 Å². The zero-order valence-electron chi connectivity index (χ0n) is 12.7. The molecule has 0 aliphatic carbocycles. The average Bonchev–Trinajstić information content (AvgIpc) is 2.77. The zero-order valence-corrected chi connectivity index (χ0v) is 14.4. The maximum Gasteiger partial charge on any atom is 0.239 e. The summed E-state index contributed by atoms with van der Waals surface area (Å²) in [4.78, 5) is 16.4. The quantitative estimate of drug-likeness (QED) is 0.812. The number of hydrogen-bond acceptors (Lipinski definition) is 4. The molecule has 0 saturated carbocycles. The smallest absolute Gasteiger partial charge is 0.239 e. The Morgan fingerprint density at radius 2 is 2.20 bits per heavy atom. The summed E-state index contributed by atoms with van der Waals surface area (Å²) in [5, 5.41) is 6.11. The van der Waals surface area contributed by atoms with Gasteiger partial charge >= 0.3 is 0 Å². The molecule has 0 aliphatic heterocycles. The van der Waals surface area contributed by atoms with Crippen molar-refractivity contribution in [2.75, 3.05) is 6.54 Å². The number of carbonyl (C=O) groups is 1. The topological polar surface area (TPSA) is 68.0 Å².